The van der Waals surface area contributed by atoms with E-state index < -0.39 is 0 Å². The van der Waals surface area contributed by atoms with E-state index in [0.717, 1.165) is 6.42 Å². The Balaban J connectivity index is 1.82. The number of ether oxygens (including phenoxy) is 2. The van der Waals surface area contributed by atoms with Gasteiger partial charge in [0, 0.05) is 24.4 Å². The van der Waals surface area contributed by atoms with Crippen molar-refractivity contribution < 1.29 is 14.3 Å². The van der Waals surface area contributed by atoms with Crippen molar-refractivity contribution in [1.82, 2.24) is 4.98 Å². The third-order valence-corrected chi connectivity index (χ3v) is 3.41. The molecule has 3 rings (SSSR count). The Bertz CT molecular complexity index is 727. The van der Waals surface area contributed by atoms with Crippen molar-refractivity contribution in [2.24, 2.45) is 0 Å². The summed E-state index contributed by atoms with van der Waals surface area (Å²) in [6.07, 6.45) is 2.53. The highest BCUT2D eigenvalue weighted by Gasteiger charge is 2.13. The van der Waals surface area contributed by atoms with Crippen LogP contribution in [-0.2, 0) is 0 Å². The van der Waals surface area contributed by atoms with Crippen LogP contribution in [0, 0.1) is 4.64 Å². The van der Waals surface area contributed by atoms with Crippen LogP contribution in [0.15, 0.2) is 36.5 Å². The lowest BCUT2D eigenvalue weighted by molar-refractivity contribution is 0.102. The average Bonchev–Trinajstić information content (AvgIpc) is 2.72. The number of fused-ring (bicyclic) bond motifs is 1. The number of carbonyl (C=O) groups is 1. The highest BCUT2D eigenvalue weighted by molar-refractivity contribution is 7.71. The molecule has 1 aliphatic rings. The molecular weight excluding hydrogens is 288 g/mol. The van der Waals surface area contributed by atoms with E-state index in [0.29, 0.717) is 40.6 Å². The number of benzene rings is 1. The molecule has 0 aliphatic carbocycles. The van der Waals surface area contributed by atoms with Crippen LogP contribution in [0.2, 0.25) is 0 Å². The van der Waals surface area contributed by atoms with E-state index in [-0.39, 0.29) is 5.91 Å². The summed E-state index contributed by atoms with van der Waals surface area (Å²) in [6.45, 7) is 1.24. The van der Waals surface area contributed by atoms with E-state index in [1.54, 1.807) is 36.5 Å². The molecular formula is C15H14N2O3S. The second-order valence-electron chi connectivity index (χ2n) is 4.58. The van der Waals surface area contributed by atoms with Gasteiger partial charge in [0.1, 0.15) is 4.64 Å². The molecule has 0 spiro atoms. The molecule has 1 amide bonds. The summed E-state index contributed by atoms with van der Waals surface area (Å²) in [7, 11) is 0. The van der Waals surface area contributed by atoms with Gasteiger partial charge in [-0.2, -0.15) is 0 Å². The molecule has 1 aliphatic heterocycles. The number of aromatic amines is 1. The number of anilines is 1. The fourth-order valence-corrected chi connectivity index (χ4v) is 2.27. The summed E-state index contributed by atoms with van der Waals surface area (Å²) < 4.78 is 11.6. The van der Waals surface area contributed by atoms with Gasteiger partial charge in [0.25, 0.3) is 5.91 Å². The molecule has 2 aromatic rings. The van der Waals surface area contributed by atoms with Gasteiger partial charge in [0.05, 0.1) is 18.8 Å². The number of H-pyrrole nitrogens is 1. The molecule has 0 unspecified atom stereocenters. The van der Waals surface area contributed by atoms with Gasteiger partial charge >= 0.3 is 0 Å². The van der Waals surface area contributed by atoms with Crippen molar-refractivity contribution in [1.29, 1.82) is 0 Å². The first-order valence-corrected chi connectivity index (χ1v) is 7.03. The minimum absolute atomic E-state index is 0.258. The standard InChI is InChI=1S/C15H14N2O3S/c18-14(11-3-1-6-16-15(11)21)17-10-4-5-12-13(9-10)20-8-2-7-19-12/h1,3-6,9H,2,7-8H2,(H,16,21)(H,17,18). The summed E-state index contributed by atoms with van der Waals surface area (Å²) in [5.41, 5.74) is 1.07. The fourth-order valence-electron chi connectivity index (χ4n) is 2.04. The maximum Gasteiger partial charge on any atom is 0.258 e. The molecule has 2 heterocycles. The summed E-state index contributed by atoms with van der Waals surface area (Å²) in [5.74, 6) is 1.08. The lowest BCUT2D eigenvalue weighted by Gasteiger charge is -2.10. The Morgan fingerprint density at radius 3 is 2.81 bits per heavy atom. The van der Waals surface area contributed by atoms with E-state index in [1.165, 1.54) is 0 Å². The normalized spacial score (nSPS) is 13.3. The fraction of sp³-hybridized carbons (Fsp3) is 0.200. The number of rotatable bonds is 2. The van der Waals surface area contributed by atoms with Crippen LogP contribution >= 0.6 is 12.2 Å². The number of carbonyl (C=O) groups excluding carboxylic acids is 1. The largest absolute Gasteiger partial charge is 0.490 e. The maximum absolute atomic E-state index is 12.2. The third-order valence-electron chi connectivity index (χ3n) is 3.07. The van der Waals surface area contributed by atoms with Gasteiger partial charge in [-0.05, 0) is 24.3 Å². The quantitative estimate of drug-likeness (QED) is 0.837. The van der Waals surface area contributed by atoms with Gasteiger partial charge in [-0.3, -0.25) is 4.79 Å². The van der Waals surface area contributed by atoms with Crippen LogP contribution in [0.3, 0.4) is 0 Å². The molecule has 0 bridgehead atoms. The molecule has 0 saturated carbocycles. The van der Waals surface area contributed by atoms with E-state index in [9.17, 15) is 4.79 Å². The maximum atomic E-state index is 12.2. The Hall–Kier alpha value is -2.34. The Labute approximate surface area is 126 Å². The van der Waals surface area contributed by atoms with Crippen molar-refractivity contribution in [3.8, 4) is 11.5 Å². The molecule has 0 radical (unpaired) electrons. The third kappa shape index (κ3) is 3.05. The predicted molar refractivity (Wildman–Crippen MR) is 81.6 cm³/mol. The van der Waals surface area contributed by atoms with Crippen molar-refractivity contribution in [2.45, 2.75) is 6.42 Å². The van der Waals surface area contributed by atoms with E-state index in [2.05, 4.69) is 10.3 Å². The Kier molecular flexibility index (Phi) is 3.87. The second kappa shape index (κ2) is 5.97. The lowest BCUT2D eigenvalue weighted by Crippen LogP contribution is -2.12. The first-order valence-electron chi connectivity index (χ1n) is 6.63. The molecule has 6 heteroatoms. The number of hydrogen-bond donors (Lipinski definition) is 2. The first kappa shape index (κ1) is 13.6. The van der Waals surface area contributed by atoms with Crippen molar-refractivity contribution in [2.75, 3.05) is 18.5 Å². The van der Waals surface area contributed by atoms with Crippen LogP contribution in [0.4, 0.5) is 5.69 Å². The number of aromatic nitrogens is 1. The van der Waals surface area contributed by atoms with E-state index in [1.807, 2.05) is 0 Å². The van der Waals surface area contributed by atoms with Crippen LogP contribution in [0.1, 0.15) is 16.8 Å². The predicted octanol–water partition coefficient (Wildman–Crippen LogP) is 3.16. The summed E-state index contributed by atoms with van der Waals surface area (Å²) >= 11 is 5.10. The topological polar surface area (TPSA) is 63.4 Å². The van der Waals surface area contributed by atoms with Crippen LogP contribution < -0.4 is 14.8 Å². The summed E-state index contributed by atoms with van der Waals surface area (Å²) in [6, 6.07) is 8.74. The molecule has 0 atom stereocenters. The number of amides is 1. The molecule has 21 heavy (non-hydrogen) atoms. The summed E-state index contributed by atoms with van der Waals surface area (Å²) in [5, 5.41) is 2.81. The SMILES string of the molecule is O=C(Nc1ccc2c(c1)OCCCO2)c1ccc[nH]c1=S. The molecule has 1 aromatic heterocycles. The van der Waals surface area contributed by atoms with Crippen molar-refractivity contribution >= 4 is 23.8 Å². The van der Waals surface area contributed by atoms with Crippen LogP contribution in [0.25, 0.3) is 0 Å². The molecule has 2 N–H and O–H groups in total. The van der Waals surface area contributed by atoms with Gasteiger partial charge in [0.15, 0.2) is 11.5 Å². The van der Waals surface area contributed by atoms with Gasteiger partial charge in [-0.15, -0.1) is 0 Å². The zero-order valence-electron chi connectivity index (χ0n) is 11.2. The monoisotopic (exact) mass is 302 g/mol. The average molecular weight is 302 g/mol. The zero-order chi connectivity index (χ0) is 14.7. The highest BCUT2D eigenvalue weighted by Crippen LogP contribution is 2.32. The number of nitrogens with one attached hydrogen (secondary N) is 2. The van der Waals surface area contributed by atoms with Crippen molar-refractivity contribution in [3.05, 3.63) is 46.7 Å². The van der Waals surface area contributed by atoms with Gasteiger partial charge in [0.2, 0.25) is 0 Å². The smallest absolute Gasteiger partial charge is 0.258 e. The Morgan fingerprint density at radius 1 is 1.19 bits per heavy atom. The Morgan fingerprint density at radius 2 is 2.00 bits per heavy atom. The van der Waals surface area contributed by atoms with E-state index in [4.69, 9.17) is 21.7 Å². The minimum atomic E-state index is -0.258. The van der Waals surface area contributed by atoms with Gasteiger partial charge in [-0.1, -0.05) is 12.2 Å². The lowest BCUT2D eigenvalue weighted by atomic mass is 10.2. The zero-order valence-corrected chi connectivity index (χ0v) is 12.0. The van der Waals surface area contributed by atoms with E-state index >= 15 is 0 Å². The van der Waals surface area contributed by atoms with Gasteiger partial charge in [-0.25, -0.2) is 0 Å². The molecule has 5 nitrogen and oxygen atoms in total. The van der Waals surface area contributed by atoms with Gasteiger partial charge < -0.3 is 19.8 Å². The molecule has 0 saturated heterocycles. The number of pyridine rings is 1. The highest BCUT2D eigenvalue weighted by atomic mass is 32.1. The minimum Gasteiger partial charge on any atom is -0.490 e. The first-order chi connectivity index (χ1) is 10.2. The van der Waals surface area contributed by atoms with Crippen LogP contribution in [-0.4, -0.2) is 24.1 Å². The molecule has 1 aromatic carbocycles. The van der Waals surface area contributed by atoms with Crippen LogP contribution in [0.5, 0.6) is 11.5 Å². The summed E-state index contributed by atoms with van der Waals surface area (Å²) in [4.78, 5) is 15.0. The molecule has 108 valence electrons. The van der Waals surface area contributed by atoms with Crippen molar-refractivity contribution in [3.63, 3.8) is 0 Å². The molecule has 0 fully saturated rings. The number of hydrogen-bond acceptors (Lipinski definition) is 4. The second-order valence-corrected chi connectivity index (χ2v) is 4.99.